The minimum atomic E-state index is -0.448. The van der Waals surface area contributed by atoms with E-state index in [-0.39, 0.29) is 5.70 Å². The van der Waals surface area contributed by atoms with E-state index in [2.05, 4.69) is 9.98 Å². The van der Waals surface area contributed by atoms with Crippen LogP contribution in [0.4, 0.5) is 5.69 Å². The number of aliphatic imine (C=N–C) groups is 1. The molecule has 2 heterocycles. The molecule has 0 unspecified atom stereocenters. The number of nitrogens with zero attached hydrogens (tertiary/aromatic N) is 2. The molecule has 0 spiro atoms. The Labute approximate surface area is 157 Å². The van der Waals surface area contributed by atoms with Gasteiger partial charge in [0.2, 0.25) is 5.90 Å². The molecule has 5 nitrogen and oxygen atoms in total. The molecule has 0 amide bonds. The van der Waals surface area contributed by atoms with E-state index in [1.165, 1.54) is 0 Å². The third-order valence-corrected chi connectivity index (χ3v) is 4.31. The van der Waals surface area contributed by atoms with Crippen LogP contribution in [-0.2, 0) is 9.53 Å². The van der Waals surface area contributed by atoms with Crippen LogP contribution in [0.3, 0.4) is 0 Å². The van der Waals surface area contributed by atoms with Gasteiger partial charge in [0.25, 0.3) is 0 Å². The SMILES string of the molecule is CN(C)c1ccc(/C=C/C2=NC(=C\c3cc4ccccc4[nH]3)/C(=O)O2)cc1. The van der Waals surface area contributed by atoms with Gasteiger partial charge in [0.05, 0.1) is 0 Å². The van der Waals surface area contributed by atoms with Gasteiger partial charge in [-0.1, -0.05) is 30.3 Å². The van der Waals surface area contributed by atoms with Gasteiger partial charge >= 0.3 is 5.97 Å². The van der Waals surface area contributed by atoms with Gasteiger partial charge in [-0.2, -0.15) is 0 Å². The lowest BCUT2D eigenvalue weighted by Gasteiger charge is -2.11. The maximum Gasteiger partial charge on any atom is 0.363 e. The lowest BCUT2D eigenvalue weighted by molar-refractivity contribution is -0.129. The van der Waals surface area contributed by atoms with Crippen molar-refractivity contribution in [1.82, 2.24) is 4.98 Å². The van der Waals surface area contributed by atoms with E-state index in [1.807, 2.05) is 79.7 Å². The fourth-order valence-electron chi connectivity index (χ4n) is 2.87. The van der Waals surface area contributed by atoms with Crippen LogP contribution in [0.15, 0.2) is 71.4 Å². The highest BCUT2D eigenvalue weighted by Crippen LogP contribution is 2.20. The Morgan fingerprint density at radius 1 is 1.04 bits per heavy atom. The van der Waals surface area contributed by atoms with E-state index in [0.717, 1.165) is 27.8 Å². The van der Waals surface area contributed by atoms with Crippen LogP contribution in [0.5, 0.6) is 0 Å². The summed E-state index contributed by atoms with van der Waals surface area (Å²) in [5.41, 5.74) is 4.24. The molecule has 1 aromatic heterocycles. The Morgan fingerprint density at radius 2 is 1.81 bits per heavy atom. The van der Waals surface area contributed by atoms with Gasteiger partial charge in [0.15, 0.2) is 5.70 Å². The second-order valence-electron chi connectivity index (χ2n) is 6.50. The van der Waals surface area contributed by atoms with Gasteiger partial charge < -0.3 is 14.6 Å². The Bertz CT molecular complexity index is 1050. The van der Waals surface area contributed by atoms with Gasteiger partial charge in [-0.05, 0) is 47.4 Å². The number of cyclic esters (lactones) is 1. The van der Waals surface area contributed by atoms with Gasteiger partial charge in [-0.25, -0.2) is 9.79 Å². The Balaban J connectivity index is 1.53. The number of carbonyl (C=O) groups excluding carboxylic acids is 1. The zero-order chi connectivity index (χ0) is 18.8. The molecule has 5 heteroatoms. The van der Waals surface area contributed by atoms with Gasteiger partial charge in [-0.3, -0.25) is 0 Å². The molecule has 2 aromatic carbocycles. The summed E-state index contributed by atoms with van der Waals surface area (Å²) in [7, 11) is 4.00. The molecule has 0 saturated carbocycles. The molecule has 1 aliphatic heterocycles. The van der Waals surface area contributed by atoms with Crippen molar-refractivity contribution in [3.8, 4) is 0 Å². The number of carbonyl (C=O) groups is 1. The number of nitrogens with one attached hydrogen (secondary N) is 1. The van der Waals surface area contributed by atoms with E-state index < -0.39 is 5.97 Å². The number of fused-ring (bicyclic) bond motifs is 1. The quantitative estimate of drug-likeness (QED) is 0.561. The Kier molecular flexibility index (Phi) is 4.34. The van der Waals surface area contributed by atoms with E-state index in [0.29, 0.717) is 5.90 Å². The van der Waals surface area contributed by atoms with Crippen LogP contribution in [0.1, 0.15) is 11.3 Å². The predicted molar refractivity (Wildman–Crippen MR) is 110 cm³/mol. The first-order chi connectivity index (χ1) is 13.1. The lowest BCUT2D eigenvalue weighted by atomic mass is 10.2. The molecule has 0 saturated heterocycles. The number of hydrogen-bond acceptors (Lipinski definition) is 4. The number of esters is 1. The topological polar surface area (TPSA) is 57.7 Å². The molecule has 134 valence electrons. The summed E-state index contributed by atoms with van der Waals surface area (Å²) in [5, 5.41) is 1.08. The fraction of sp³-hybridized carbons (Fsp3) is 0.0909. The standard InChI is InChI=1S/C22H19N3O2/c1-25(2)18-10-7-15(8-11-18)9-12-21-24-20(22(26)27-21)14-17-13-16-5-3-4-6-19(16)23-17/h3-14,23H,1-2H3/b12-9+,20-14-. The number of para-hydroxylation sites is 1. The number of aromatic amines is 1. The molecule has 1 aliphatic rings. The average molecular weight is 357 g/mol. The largest absolute Gasteiger partial charge is 0.403 e. The molecule has 0 bridgehead atoms. The maximum atomic E-state index is 12.1. The lowest BCUT2D eigenvalue weighted by Crippen LogP contribution is -2.07. The minimum absolute atomic E-state index is 0.282. The Hall–Kier alpha value is -3.60. The second-order valence-corrected chi connectivity index (χ2v) is 6.50. The molecule has 0 aliphatic carbocycles. The van der Waals surface area contributed by atoms with Crippen molar-refractivity contribution in [3.05, 3.63) is 77.6 Å². The van der Waals surface area contributed by atoms with Crippen molar-refractivity contribution in [3.63, 3.8) is 0 Å². The second kappa shape index (κ2) is 6.96. The zero-order valence-electron chi connectivity index (χ0n) is 15.1. The number of H-pyrrole nitrogens is 1. The van der Waals surface area contributed by atoms with Gasteiger partial charge in [-0.15, -0.1) is 0 Å². The smallest absolute Gasteiger partial charge is 0.363 e. The summed E-state index contributed by atoms with van der Waals surface area (Å²) in [6.07, 6.45) is 5.28. The first-order valence-electron chi connectivity index (χ1n) is 8.64. The van der Waals surface area contributed by atoms with Crippen LogP contribution >= 0.6 is 0 Å². The third kappa shape index (κ3) is 3.67. The van der Waals surface area contributed by atoms with E-state index in [9.17, 15) is 4.79 Å². The predicted octanol–water partition coefficient (Wildman–Crippen LogP) is 4.24. The van der Waals surface area contributed by atoms with Gasteiger partial charge in [0.1, 0.15) is 0 Å². The molecule has 0 radical (unpaired) electrons. The monoisotopic (exact) mass is 357 g/mol. The van der Waals surface area contributed by atoms with Crippen LogP contribution in [0, 0.1) is 0 Å². The number of ether oxygens (including phenoxy) is 1. The molecule has 0 fully saturated rings. The first kappa shape index (κ1) is 16.8. The molecule has 1 N–H and O–H groups in total. The van der Waals surface area contributed by atoms with Crippen molar-refractivity contribution in [1.29, 1.82) is 0 Å². The minimum Gasteiger partial charge on any atom is -0.403 e. The van der Waals surface area contributed by atoms with E-state index >= 15 is 0 Å². The van der Waals surface area contributed by atoms with Crippen molar-refractivity contribution in [2.24, 2.45) is 4.99 Å². The molecule has 3 aromatic rings. The molecule has 4 rings (SSSR count). The third-order valence-electron chi connectivity index (χ3n) is 4.31. The van der Waals surface area contributed by atoms with Crippen molar-refractivity contribution < 1.29 is 9.53 Å². The van der Waals surface area contributed by atoms with Crippen LogP contribution < -0.4 is 4.90 Å². The highest BCUT2D eigenvalue weighted by Gasteiger charge is 2.21. The normalized spacial score (nSPS) is 15.6. The summed E-state index contributed by atoms with van der Waals surface area (Å²) < 4.78 is 5.24. The fourth-order valence-corrected chi connectivity index (χ4v) is 2.87. The van der Waals surface area contributed by atoms with E-state index in [1.54, 1.807) is 12.2 Å². The van der Waals surface area contributed by atoms with Crippen LogP contribution in [0.2, 0.25) is 0 Å². The first-order valence-corrected chi connectivity index (χ1v) is 8.64. The molecular weight excluding hydrogens is 338 g/mol. The molecule has 0 atom stereocenters. The number of hydrogen-bond donors (Lipinski definition) is 1. The highest BCUT2D eigenvalue weighted by atomic mass is 16.6. The highest BCUT2D eigenvalue weighted by molar-refractivity contribution is 6.11. The molecular formula is C22H19N3O2. The van der Waals surface area contributed by atoms with Gasteiger partial charge in [0, 0.05) is 37.1 Å². The van der Waals surface area contributed by atoms with Crippen LogP contribution in [-0.4, -0.2) is 30.9 Å². The Morgan fingerprint density at radius 3 is 2.56 bits per heavy atom. The summed E-state index contributed by atoms with van der Waals surface area (Å²) in [4.78, 5) is 21.7. The number of anilines is 1. The number of aromatic nitrogens is 1. The van der Waals surface area contributed by atoms with Crippen molar-refractivity contribution in [2.45, 2.75) is 0 Å². The van der Waals surface area contributed by atoms with Crippen molar-refractivity contribution in [2.75, 3.05) is 19.0 Å². The summed E-state index contributed by atoms with van der Waals surface area (Å²) in [6, 6.07) is 18.0. The van der Waals surface area contributed by atoms with E-state index in [4.69, 9.17) is 4.74 Å². The van der Waals surface area contributed by atoms with Crippen LogP contribution in [0.25, 0.3) is 23.1 Å². The summed E-state index contributed by atoms with van der Waals surface area (Å²) in [5.74, 6) is -0.157. The molecule has 27 heavy (non-hydrogen) atoms. The number of rotatable bonds is 4. The average Bonchev–Trinajstić information content (AvgIpc) is 3.23. The number of benzene rings is 2. The maximum absolute atomic E-state index is 12.1. The summed E-state index contributed by atoms with van der Waals surface area (Å²) >= 11 is 0. The summed E-state index contributed by atoms with van der Waals surface area (Å²) in [6.45, 7) is 0. The van der Waals surface area contributed by atoms with Crippen molar-refractivity contribution >= 4 is 40.6 Å². The zero-order valence-corrected chi connectivity index (χ0v) is 15.1.